The Balaban J connectivity index is 2.46. The average Bonchev–Trinajstić information content (AvgIpc) is 2.54. The molecule has 2 atom stereocenters. The molecular weight excluding hydrogens is 197 g/mol. The zero-order chi connectivity index (χ0) is 10.1. The lowest BCUT2D eigenvalue weighted by atomic mass is 9.93. The van der Waals surface area contributed by atoms with Crippen LogP contribution in [-0.2, 0) is 12.8 Å². The van der Waals surface area contributed by atoms with Gasteiger partial charge in [0.1, 0.15) is 0 Å². The molecule has 2 unspecified atom stereocenters. The van der Waals surface area contributed by atoms with Crippen molar-refractivity contribution in [2.75, 3.05) is 5.09 Å². The number of rotatable bonds is 2. The molecule has 0 amide bonds. The summed E-state index contributed by atoms with van der Waals surface area (Å²) in [6.45, 7) is 0. The quantitative estimate of drug-likeness (QED) is 0.443. The van der Waals surface area contributed by atoms with Crippen LogP contribution in [0, 0.1) is 5.53 Å². The second kappa shape index (κ2) is 3.67. The van der Waals surface area contributed by atoms with E-state index in [1.54, 1.807) is 0 Å². The van der Waals surface area contributed by atoms with Gasteiger partial charge in [0.15, 0.2) is 5.82 Å². The van der Waals surface area contributed by atoms with Gasteiger partial charge in [0, 0.05) is 17.3 Å². The fourth-order valence-corrected chi connectivity index (χ4v) is 2.26. The summed E-state index contributed by atoms with van der Waals surface area (Å²) in [7, 11) is 2.44. The molecule has 1 aliphatic rings. The Morgan fingerprint density at radius 3 is 3.07 bits per heavy atom. The van der Waals surface area contributed by atoms with Crippen LogP contribution in [0.4, 0.5) is 11.5 Å². The van der Waals surface area contributed by atoms with Gasteiger partial charge < -0.3 is 15.8 Å². The average molecular weight is 211 g/mol. The van der Waals surface area contributed by atoms with Crippen LogP contribution in [-0.4, -0.2) is 11.0 Å². The molecule has 0 aromatic carbocycles. The molecule has 1 aromatic heterocycles. The number of nitrogens with one attached hydrogen (secondary N) is 3. The number of anilines is 1. The zero-order valence-corrected chi connectivity index (χ0v) is 8.96. The molecule has 0 radical (unpaired) electrons. The van der Waals surface area contributed by atoms with E-state index in [1.807, 2.05) is 0 Å². The van der Waals surface area contributed by atoms with Crippen molar-refractivity contribution < 1.29 is 0 Å². The maximum absolute atomic E-state index is 7.03. The van der Waals surface area contributed by atoms with Crippen molar-refractivity contribution in [1.82, 2.24) is 4.98 Å². The highest BCUT2D eigenvalue weighted by Gasteiger charge is 2.22. The molecule has 14 heavy (non-hydrogen) atoms. The van der Waals surface area contributed by atoms with Gasteiger partial charge in [-0.25, -0.2) is 5.53 Å². The summed E-state index contributed by atoms with van der Waals surface area (Å²) >= 11 is 0. The lowest BCUT2D eigenvalue weighted by Gasteiger charge is -2.18. The van der Waals surface area contributed by atoms with Gasteiger partial charge in [-0.3, -0.25) is 0 Å². The van der Waals surface area contributed by atoms with Crippen molar-refractivity contribution >= 4 is 20.9 Å². The number of aromatic amines is 1. The van der Waals surface area contributed by atoms with E-state index >= 15 is 0 Å². The molecular formula is C8H14N5P. The molecule has 2 rings (SSSR count). The lowest BCUT2D eigenvalue weighted by molar-refractivity contribution is 0.573. The third-order valence-electron chi connectivity index (χ3n) is 2.66. The first-order valence-electron chi connectivity index (χ1n) is 4.59. The number of H-pyrrole nitrogens is 1. The maximum atomic E-state index is 7.03. The molecule has 0 saturated carbocycles. The van der Waals surface area contributed by atoms with Gasteiger partial charge in [-0.05, 0) is 28.7 Å². The molecule has 0 aliphatic heterocycles. The topological polar surface area (TPSA) is 90.0 Å². The summed E-state index contributed by atoms with van der Waals surface area (Å²) < 4.78 is 0. The number of nitrogens with two attached hydrogens (primary N) is 1. The molecule has 1 heterocycles. The second-order valence-electron chi connectivity index (χ2n) is 3.56. The van der Waals surface area contributed by atoms with Gasteiger partial charge >= 0.3 is 0 Å². The van der Waals surface area contributed by atoms with E-state index in [-0.39, 0.29) is 6.04 Å². The molecule has 5 nitrogen and oxygen atoms in total. The van der Waals surface area contributed by atoms with E-state index in [9.17, 15) is 0 Å². The van der Waals surface area contributed by atoms with Gasteiger partial charge in [-0.1, -0.05) is 0 Å². The van der Waals surface area contributed by atoms with Crippen molar-refractivity contribution in [3.8, 4) is 0 Å². The minimum Gasteiger partial charge on any atom is -0.366 e. The summed E-state index contributed by atoms with van der Waals surface area (Å²) in [6, 6.07) is 0.231. The molecule has 0 spiro atoms. The van der Waals surface area contributed by atoms with Crippen LogP contribution in [0.1, 0.15) is 17.7 Å². The third kappa shape index (κ3) is 1.42. The van der Waals surface area contributed by atoms with E-state index in [1.165, 1.54) is 11.3 Å². The summed E-state index contributed by atoms with van der Waals surface area (Å²) in [5, 5.41) is 6.44. The number of nitrogens with zero attached hydrogens (tertiary/aromatic N) is 1. The number of hydrogen-bond acceptors (Lipinski definition) is 4. The summed E-state index contributed by atoms with van der Waals surface area (Å²) in [5.41, 5.74) is 16.2. The van der Waals surface area contributed by atoms with E-state index in [4.69, 9.17) is 11.3 Å². The minimum atomic E-state index is 0.231. The molecule has 0 fully saturated rings. The van der Waals surface area contributed by atoms with E-state index in [0.717, 1.165) is 24.9 Å². The minimum absolute atomic E-state index is 0.231. The fraction of sp³-hybridized carbons (Fsp3) is 0.500. The fourth-order valence-electron chi connectivity index (χ4n) is 1.95. The Labute approximate surface area is 84.6 Å². The number of aromatic nitrogens is 1. The number of fused-ring (bicyclic) bond motifs is 1. The van der Waals surface area contributed by atoms with Gasteiger partial charge in [-0.2, -0.15) is 0 Å². The second-order valence-corrected chi connectivity index (χ2v) is 3.85. The van der Waals surface area contributed by atoms with Crippen molar-refractivity contribution in [2.45, 2.75) is 25.3 Å². The van der Waals surface area contributed by atoms with Crippen molar-refractivity contribution in [3.05, 3.63) is 11.3 Å². The first-order chi connectivity index (χ1) is 6.76. The Kier molecular flexibility index (Phi) is 2.52. The predicted octanol–water partition coefficient (Wildman–Crippen LogP) is 1.70. The third-order valence-corrected chi connectivity index (χ3v) is 2.95. The molecule has 5 N–H and O–H groups in total. The first kappa shape index (κ1) is 9.62. The van der Waals surface area contributed by atoms with Crippen molar-refractivity contribution in [2.24, 2.45) is 10.8 Å². The van der Waals surface area contributed by atoms with Crippen molar-refractivity contribution in [1.29, 1.82) is 5.53 Å². The molecule has 6 heteroatoms. The van der Waals surface area contributed by atoms with Crippen LogP contribution in [0.5, 0.6) is 0 Å². The molecule has 0 bridgehead atoms. The summed E-state index contributed by atoms with van der Waals surface area (Å²) in [6.07, 6.45) is 2.81. The van der Waals surface area contributed by atoms with E-state index in [2.05, 4.69) is 24.6 Å². The largest absolute Gasteiger partial charge is 0.366 e. The number of hydrogen-bond donors (Lipinski definition) is 4. The highest BCUT2D eigenvalue weighted by Crippen LogP contribution is 2.36. The first-order valence-corrected chi connectivity index (χ1v) is 5.17. The monoisotopic (exact) mass is 211 g/mol. The van der Waals surface area contributed by atoms with Crippen LogP contribution in [0.25, 0.3) is 0 Å². The molecule has 0 saturated heterocycles. The predicted molar refractivity (Wildman–Crippen MR) is 58.9 cm³/mol. The number of aryl methyl sites for hydroxylation is 1. The maximum Gasteiger partial charge on any atom is 0.176 e. The van der Waals surface area contributed by atoms with Crippen LogP contribution in [0.3, 0.4) is 0 Å². The summed E-state index contributed by atoms with van der Waals surface area (Å²) in [4.78, 5) is 3.14. The van der Waals surface area contributed by atoms with Gasteiger partial charge in [-0.15, -0.1) is 5.11 Å². The Bertz CT molecular complexity index is 359. The molecule has 1 aromatic rings. The Morgan fingerprint density at radius 1 is 1.64 bits per heavy atom. The zero-order valence-electron chi connectivity index (χ0n) is 7.80. The summed E-state index contributed by atoms with van der Waals surface area (Å²) in [5.74, 6) is 0.596. The van der Waals surface area contributed by atoms with E-state index in [0.29, 0.717) is 5.82 Å². The van der Waals surface area contributed by atoms with Gasteiger partial charge in [0.05, 0.1) is 5.69 Å². The van der Waals surface area contributed by atoms with Gasteiger partial charge in [0.2, 0.25) is 0 Å². The van der Waals surface area contributed by atoms with Crippen LogP contribution in [0.15, 0.2) is 5.11 Å². The Hall–Kier alpha value is -0.930. The molecule has 1 aliphatic carbocycles. The highest BCUT2D eigenvalue weighted by atomic mass is 31.0. The smallest absolute Gasteiger partial charge is 0.176 e. The SMILES string of the molecule is N=Nc1[nH]c2c(c1NP)CC(N)CC2. The standard InChI is InChI=1S/C8H14N5P/c9-4-1-2-6-5(3-4)7(13-14)8(11-6)12-10/h4,10-11,13H,1-3,9,14H2. The van der Waals surface area contributed by atoms with Crippen LogP contribution in [0.2, 0.25) is 0 Å². The van der Waals surface area contributed by atoms with Crippen LogP contribution < -0.4 is 10.8 Å². The Morgan fingerprint density at radius 2 is 2.43 bits per heavy atom. The normalized spacial score (nSPS) is 20.3. The van der Waals surface area contributed by atoms with Crippen molar-refractivity contribution in [3.63, 3.8) is 0 Å². The van der Waals surface area contributed by atoms with Gasteiger partial charge in [0.25, 0.3) is 0 Å². The van der Waals surface area contributed by atoms with Crippen LogP contribution >= 0.6 is 9.39 Å². The highest BCUT2D eigenvalue weighted by molar-refractivity contribution is 7.18. The molecule has 76 valence electrons. The lowest BCUT2D eigenvalue weighted by Crippen LogP contribution is -2.27. The van der Waals surface area contributed by atoms with E-state index < -0.39 is 0 Å².